The fourth-order valence-electron chi connectivity index (χ4n) is 2.30. The van der Waals surface area contributed by atoms with Crippen LogP contribution < -0.4 is 5.56 Å². The molecule has 0 bridgehead atoms. The molecule has 0 aliphatic heterocycles. The highest BCUT2D eigenvalue weighted by molar-refractivity contribution is 5.88. The first-order valence-corrected chi connectivity index (χ1v) is 6.25. The van der Waals surface area contributed by atoms with Crippen LogP contribution in [0.5, 0.6) is 0 Å². The largest absolute Gasteiger partial charge is 0.478 e. The van der Waals surface area contributed by atoms with Gasteiger partial charge in [-0.2, -0.15) is 0 Å². The molecule has 6 heteroatoms. The minimum absolute atomic E-state index is 0.200. The van der Waals surface area contributed by atoms with Crippen LogP contribution in [-0.4, -0.2) is 20.5 Å². The van der Waals surface area contributed by atoms with Crippen LogP contribution in [0.2, 0.25) is 0 Å². The van der Waals surface area contributed by atoms with Gasteiger partial charge < -0.3 is 14.5 Å². The van der Waals surface area contributed by atoms with E-state index in [-0.39, 0.29) is 11.1 Å². The van der Waals surface area contributed by atoms with E-state index in [9.17, 15) is 14.0 Å². The van der Waals surface area contributed by atoms with Crippen molar-refractivity contribution < 1.29 is 14.3 Å². The maximum absolute atomic E-state index is 13.4. The van der Waals surface area contributed by atoms with Gasteiger partial charge in [-0.25, -0.2) is 9.18 Å². The minimum atomic E-state index is -1.30. The summed E-state index contributed by atoms with van der Waals surface area (Å²) >= 11 is 0. The van der Waals surface area contributed by atoms with Crippen LogP contribution in [0, 0.1) is 5.82 Å². The maximum atomic E-state index is 13.4. The Morgan fingerprint density at radius 2 is 2.14 bits per heavy atom. The number of hydrogen-bond donors (Lipinski definition) is 2. The van der Waals surface area contributed by atoms with Crippen molar-refractivity contribution in [1.82, 2.24) is 9.38 Å². The third kappa shape index (κ3) is 2.31. The maximum Gasteiger partial charge on any atom is 0.338 e. The molecule has 0 spiro atoms. The Morgan fingerprint density at radius 3 is 2.90 bits per heavy atom. The molecular weight excluding hydrogens is 275 g/mol. The summed E-state index contributed by atoms with van der Waals surface area (Å²) in [5, 5.41) is 8.94. The summed E-state index contributed by atoms with van der Waals surface area (Å²) in [6, 6.07) is 7.41. The van der Waals surface area contributed by atoms with Gasteiger partial charge >= 0.3 is 5.97 Å². The Labute approximate surface area is 118 Å². The number of carboxylic acids is 1. The van der Waals surface area contributed by atoms with E-state index in [1.54, 1.807) is 28.9 Å². The zero-order valence-electron chi connectivity index (χ0n) is 10.8. The molecule has 2 N–H and O–H groups in total. The molecule has 0 aliphatic rings. The average Bonchev–Trinajstić information content (AvgIpc) is 2.94. The van der Waals surface area contributed by atoms with Gasteiger partial charge in [-0.1, -0.05) is 6.07 Å². The number of aromatic carboxylic acids is 1. The Kier molecular flexibility index (Phi) is 3.06. The molecule has 0 saturated heterocycles. The lowest BCUT2D eigenvalue weighted by molar-refractivity contribution is 0.0691. The zero-order chi connectivity index (χ0) is 15.0. The van der Waals surface area contributed by atoms with E-state index in [4.69, 9.17) is 5.11 Å². The van der Waals surface area contributed by atoms with Gasteiger partial charge in [0.1, 0.15) is 11.3 Å². The number of rotatable bonds is 3. The third-order valence-electron chi connectivity index (χ3n) is 3.31. The first-order valence-electron chi connectivity index (χ1n) is 6.25. The summed E-state index contributed by atoms with van der Waals surface area (Å²) in [5.41, 5.74) is 1.37. The van der Waals surface area contributed by atoms with Crippen LogP contribution in [0.25, 0.3) is 5.52 Å². The second-order valence-electron chi connectivity index (χ2n) is 4.67. The molecule has 1 aromatic carbocycles. The van der Waals surface area contributed by atoms with Crippen molar-refractivity contribution in [2.45, 2.75) is 6.42 Å². The Balaban J connectivity index is 2.05. The molecule has 3 aromatic rings. The van der Waals surface area contributed by atoms with Crippen LogP contribution >= 0.6 is 0 Å². The van der Waals surface area contributed by atoms with Gasteiger partial charge in [-0.3, -0.25) is 4.79 Å². The van der Waals surface area contributed by atoms with Gasteiger partial charge in [0.05, 0.1) is 5.56 Å². The van der Waals surface area contributed by atoms with Gasteiger partial charge in [0, 0.05) is 24.5 Å². The van der Waals surface area contributed by atoms with Gasteiger partial charge in [-0.05, 0) is 29.8 Å². The fraction of sp³-hybridized carbons (Fsp3) is 0.0667. The van der Waals surface area contributed by atoms with Crippen molar-refractivity contribution >= 4 is 11.5 Å². The SMILES string of the molecule is O=C(O)c1cc(Cc2c[nH]c(=O)c3cccn23)ccc1F. The summed E-state index contributed by atoms with van der Waals surface area (Å²) in [6.45, 7) is 0. The van der Waals surface area contributed by atoms with Gasteiger partial charge in [0.2, 0.25) is 0 Å². The fourth-order valence-corrected chi connectivity index (χ4v) is 2.30. The van der Waals surface area contributed by atoms with E-state index in [1.807, 2.05) is 0 Å². The van der Waals surface area contributed by atoms with Crippen LogP contribution in [0.3, 0.4) is 0 Å². The average molecular weight is 286 g/mol. The summed E-state index contributed by atoms with van der Waals surface area (Å²) in [7, 11) is 0. The molecule has 0 unspecified atom stereocenters. The molecule has 5 nitrogen and oxygen atoms in total. The van der Waals surface area contributed by atoms with Crippen molar-refractivity contribution in [3.05, 3.63) is 75.7 Å². The predicted octanol–water partition coefficient (Wildman–Crippen LogP) is 2.06. The topological polar surface area (TPSA) is 74.6 Å². The summed E-state index contributed by atoms with van der Waals surface area (Å²) in [5.74, 6) is -2.07. The van der Waals surface area contributed by atoms with Crippen LogP contribution in [-0.2, 0) is 6.42 Å². The molecule has 0 radical (unpaired) electrons. The highest BCUT2D eigenvalue weighted by atomic mass is 19.1. The normalized spacial score (nSPS) is 10.9. The van der Waals surface area contributed by atoms with Gasteiger partial charge in [0.25, 0.3) is 5.56 Å². The highest BCUT2D eigenvalue weighted by Gasteiger charge is 2.12. The Hall–Kier alpha value is -2.89. The van der Waals surface area contributed by atoms with Crippen LogP contribution in [0.4, 0.5) is 4.39 Å². The van der Waals surface area contributed by atoms with Crippen molar-refractivity contribution in [2.75, 3.05) is 0 Å². The predicted molar refractivity (Wildman–Crippen MR) is 74.2 cm³/mol. The third-order valence-corrected chi connectivity index (χ3v) is 3.31. The summed E-state index contributed by atoms with van der Waals surface area (Å²) < 4.78 is 15.1. The van der Waals surface area contributed by atoms with Gasteiger partial charge in [-0.15, -0.1) is 0 Å². The number of hydrogen-bond acceptors (Lipinski definition) is 2. The Bertz CT molecular complexity index is 895. The summed E-state index contributed by atoms with van der Waals surface area (Å²) in [6.07, 6.45) is 3.70. The van der Waals surface area contributed by atoms with Crippen molar-refractivity contribution in [3.8, 4) is 0 Å². The van der Waals surface area contributed by atoms with Crippen molar-refractivity contribution in [2.24, 2.45) is 0 Å². The van der Waals surface area contributed by atoms with E-state index in [0.29, 0.717) is 17.5 Å². The van der Waals surface area contributed by atoms with E-state index >= 15 is 0 Å². The number of halogens is 1. The molecule has 0 aliphatic carbocycles. The molecule has 2 heterocycles. The molecule has 2 aromatic heterocycles. The number of aromatic amines is 1. The molecule has 0 fully saturated rings. The van der Waals surface area contributed by atoms with E-state index < -0.39 is 11.8 Å². The number of benzene rings is 1. The lowest BCUT2D eigenvalue weighted by Gasteiger charge is -2.07. The number of aromatic nitrogens is 2. The molecule has 0 saturated carbocycles. The van der Waals surface area contributed by atoms with E-state index in [0.717, 1.165) is 11.8 Å². The van der Waals surface area contributed by atoms with Crippen LogP contribution in [0.1, 0.15) is 21.6 Å². The smallest absolute Gasteiger partial charge is 0.338 e. The number of nitrogens with one attached hydrogen (secondary N) is 1. The first kappa shape index (κ1) is 13.1. The van der Waals surface area contributed by atoms with Gasteiger partial charge in [0.15, 0.2) is 0 Å². The summed E-state index contributed by atoms with van der Waals surface area (Å²) in [4.78, 5) is 25.2. The second kappa shape index (κ2) is 4.90. The zero-order valence-corrected chi connectivity index (χ0v) is 10.8. The molecular formula is C15H11FN2O3. The molecule has 3 rings (SSSR count). The standard InChI is InChI=1S/C15H11FN2O3/c16-12-4-3-9(7-11(12)15(20)21)6-10-8-17-14(19)13-2-1-5-18(10)13/h1-5,7-8H,6H2,(H,17,19)(H,20,21). The highest BCUT2D eigenvalue weighted by Crippen LogP contribution is 2.15. The first-order chi connectivity index (χ1) is 10.1. The Morgan fingerprint density at radius 1 is 1.33 bits per heavy atom. The van der Waals surface area contributed by atoms with E-state index in [1.165, 1.54) is 12.1 Å². The lowest BCUT2D eigenvalue weighted by Crippen LogP contribution is -2.12. The van der Waals surface area contributed by atoms with Crippen molar-refractivity contribution in [3.63, 3.8) is 0 Å². The number of fused-ring (bicyclic) bond motifs is 1. The molecule has 106 valence electrons. The number of H-pyrrole nitrogens is 1. The monoisotopic (exact) mass is 286 g/mol. The number of carbonyl (C=O) groups is 1. The molecule has 0 amide bonds. The molecule has 0 atom stereocenters. The number of nitrogens with zero attached hydrogens (tertiary/aromatic N) is 1. The van der Waals surface area contributed by atoms with Crippen molar-refractivity contribution in [1.29, 1.82) is 0 Å². The van der Waals surface area contributed by atoms with Crippen LogP contribution in [0.15, 0.2) is 47.5 Å². The quantitative estimate of drug-likeness (QED) is 0.774. The minimum Gasteiger partial charge on any atom is -0.478 e. The lowest BCUT2D eigenvalue weighted by atomic mass is 10.1. The molecule has 21 heavy (non-hydrogen) atoms. The van der Waals surface area contributed by atoms with E-state index in [2.05, 4.69) is 4.98 Å². The number of carboxylic acid groups (broad SMARTS) is 1. The second-order valence-corrected chi connectivity index (χ2v) is 4.67.